The molecule has 2 heterocycles. The Labute approximate surface area is 99.2 Å². The molecule has 0 saturated heterocycles. The van der Waals surface area contributed by atoms with Gasteiger partial charge in [0.1, 0.15) is 0 Å². The Hall–Kier alpha value is -1.20. The van der Waals surface area contributed by atoms with Gasteiger partial charge in [0, 0.05) is 17.6 Å². The minimum absolute atomic E-state index is 0.0576. The van der Waals surface area contributed by atoms with Crippen molar-refractivity contribution in [2.75, 3.05) is 0 Å². The molecule has 86 valence electrons. The number of imidazole rings is 1. The van der Waals surface area contributed by atoms with Gasteiger partial charge in [0.15, 0.2) is 0 Å². The van der Waals surface area contributed by atoms with Gasteiger partial charge in [-0.05, 0) is 13.3 Å². The molecule has 16 heavy (non-hydrogen) atoms. The number of aromatic nitrogens is 3. The van der Waals surface area contributed by atoms with Crippen molar-refractivity contribution in [1.29, 1.82) is 0 Å². The van der Waals surface area contributed by atoms with E-state index in [-0.39, 0.29) is 6.04 Å². The molecule has 2 rings (SSSR count). The van der Waals surface area contributed by atoms with E-state index in [1.54, 1.807) is 11.3 Å². The normalized spacial score (nSPS) is 12.9. The van der Waals surface area contributed by atoms with Gasteiger partial charge in [0.25, 0.3) is 0 Å². The summed E-state index contributed by atoms with van der Waals surface area (Å²) in [6, 6.07) is 0.0576. The van der Waals surface area contributed by atoms with Crippen molar-refractivity contribution in [3.63, 3.8) is 0 Å². The molecular formula is C11H16N4S. The molecule has 0 amide bonds. The molecule has 2 aromatic rings. The fraction of sp³-hybridized carbons (Fsp3) is 0.455. The predicted octanol–water partition coefficient (Wildman–Crippen LogP) is 2.11. The highest BCUT2D eigenvalue weighted by Gasteiger charge is 2.10. The van der Waals surface area contributed by atoms with Crippen molar-refractivity contribution in [2.24, 2.45) is 5.73 Å². The van der Waals surface area contributed by atoms with Gasteiger partial charge >= 0.3 is 0 Å². The molecule has 0 spiro atoms. The second-order valence-corrected chi connectivity index (χ2v) is 4.88. The van der Waals surface area contributed by atoms with Gasteiger partial charge in [-0.2, -0.15) is 0 Å². The summed E-state index contributed by atoms with van der Waals surface area (Å²) in [7, 11) is 0. The SMILES string of the molecule is CC[C@@H](N)c1cncn1Cc1csc(C)n1. The first kappa shape index (κ1) is 11.3. The molecule has 0 saturated carbocycles. The minimum Gasteiger partial charge on any atom is -0.327 e. The van der Waals surface area contributed by atoms with Crippen molar-refractivity contribution in [3.8, 4) is 0 Å². The maximum Gasteiger partial charge on any atom is 0.0952 e. The van der Waals surface area contributed by atoms with Crippen molar-refractivity contribution in [3.05, 3.63) is 34.3 Å². The number of nitrogens with zero attached hydrogens (tertiary/aromatic N) is 3. The average molecular weight is 236 g/mol. The van der Waals surface area contributed by atoms with Crippen LogP contribution in [0.2, 0.25) is 0 Å². The van der Waals surface area contributed by atoms with Gasteiger partial charge in [-0.15, -0.1) is 11.3 Å². The second-order valence-electron chi connectivity index (χ2n) is 3.82. The molecule has 0 aliphatic heterocycles. The van der Waals surface area contributed by atoms with Crippen LogP contribution in [0.1, 0.15) is 35.8 Å². The second kappa shape index (κ2) is 4.76. The quantitative estimate of drug-likeness (QED) is 0.884. The molecule has 2 N–H and O–H groups in total. The number of thiazole rings is 1. The zero-order valence-corrected chi connectivity index (χ0v) is 10.4. The van der Waals surface area contributed by atoms with Crippen LogP contribution < -0.4 is 5.73 Å². The molecule has 2 aromatic heterocycles. The highest BCUT2D eigenvalue weighted by molar-refractivity contribution is 7.09. The zero-order valence-electron chi connectivity index (χ0n) is 9.55. The third kappa shape index (κ3) is 2.31. The van der Waals surface area contributed by atoms with Crippen LogP contribution in [0, 0.1) is 6.92 Å². The van der Waals surface area contributed by atoms with E-state index in [0.29, 0.717) is 0 Å². The highest BCUT2D eigenvalue weighted by atomic mass is 32.1. The van der Waals surface area contributed by atoms with Crippen molar-refractivity contribution >= 4 is 11.3 Å². The number of hydrogen-bond acceptors (Lipinski definition) is 4. The lowest BCUT2D eigenvalue weighted by Gasteiger charge is -2.11. The molecule has 5 heteroatoms. The van der Waals surface area contributed by atoms with Gasteiger partial charge in [-0.25, -0.2) is 9.97 Å². The van der Waals surface area contributed by atoms with Gasteiger partial charge in [0.05, 0.1) is 29.3 Å². The third-order valence-electron chi connectivity index (χ3n) is 2.56. The Bertz CT molecular complexity index is 460. The van der Waals surface area contributed by atoms with E-state index in [9.17, 15) is 0 Å². The lowest BCUT2D eigenvalue weighted by atomic mass is 10.2. The van der Waals surface area contributed by atoms with E-state index in [2.05, 4.69) is 26.8 Å². The van der Waals surface area contributed by atoms with Crippen molar-refractivity contribution in [2.45, 2.75) is 32.9 Å². The summed E-state index contributed by atoms with van der Waals surface area (Å²) in [6.07, 6.45) is 4.58. The highest BCUT2D eigenvalue weighted by Crippen LogP contribution is 2.15. The molecule has 0 aromatic carbocycles. The number of nitrogens with two attached hydrogens (primary N) is 1. The summed E-state index contributed by atoms with van der Waals surface area (Å²) in [5.74, 6) is 0. The van der Waals surface area contributed by atoms with E-state index in [1.165, 1.54) is 0 Å². The molecule has 0 unspecified atom stereocenters. The van der Waals surface area contributed by atoms with E-state index >= 15 is 0 Å². The smallest absolute Gasteiger partial charge is 0.0952 e. The van der Waals surface area contributed by atoms with Crippen molar-refractivity contribution < 1.29 is 0 Å². The van der Waals surface area contributed by atoms with E-state index < -0.39 is 0 Å². The first-order valence-electron chi connectivity index (χ1n) is 5.37. The lowest BCUT2D eigenvalue weighted by Crippen LogP contribution is -2.14. The Morgan fingerprint density at radius 1 is 1.56 bits per heavy atom. The van der Waals surface area contributed by atoms with Crippen molar-refractivity contribution in [1.82, 2.24) is 14.5 Å². The zero-order chi connectivity index (χ0) is 11.5. The van der Waals surface area contributed by atoms with Crippen LogP contribution in [-0.2, 0) is 6.54 Å². The maximum absolute atomic E-state index is 6.02. The molecule has 0 aliphatic carbocycles. The Balaban J connectivity index is 2.18. The van der Waals surface area contributed by atoms with Crippen LogP contribution in [0.15, 0.2) is 17.9 Å². The van der Waals surface area contributed by atoms with Crippen LogP contribution in [0.3, 0.4) is 0 Å². The standard InChI is InChI=1S/C11H16N4S/c1-3-10(12)11-4-13-7-15(11)5-9-6-16-8(2)14-9/h4,6-7,10H,3,5,12H2,1-2H3/t10-/m1/s1. The molecule has 0 bridgehead atoms. The number of hydrogen-bond donors (Lipinski definition) is 1. The summed E-state index contributed by atoms with van der Waals surface area (Å²) in [6.45, 7) is 4.85. The molecule has 1 atom stereocenters. The topological polar surface area (TPSA) is 56.7 Å². The van der Waals surface area contributed by atoms with E-state index in [0.717, 1.165) is 29.4 Å². The van der Waals surface area contributed by atoms with Crippen LogP contribution >= 0.6 is 11.3 Å². The Kier molecular flexibility index (Phi) is 3.36. The largest absolute Gasteiger partial charge is 0.327 e. The minimum atomic E-state index is 0.0576. The predicted molar refractivity (Wildman–Crippen MR) is 65.4 cm³/mol. The van der Waals surface area contributed by atoms with Crippen LogP contribution in [0.4, 0.5) is 0 Å². The third-order valence-corrected chi connectivity index (χ3v) is 3.39. The summed E-state index contributed by atoms with van der Waals surface area (Å²) in [4.78, 5) is 8.59. The van der Waals surface area contributed by atoms with Crippen LogP contribution in [-0.4, -0.2) is 14.5 Å². The first-order valence-corrected chi connectivity index (χ1v) is 6.25. The maximum atomic E-state index is 6.02. The molecule has 0 aliphatic rings. The molecule has 0 fully saturated rings. The molecule has 4 nitrogen and oxygen atoms in total. The summed E-state index contributed by atoms with van der Waals surface area (Å²) in [5.41, 5.74) is 8.17. The van der Waals surface area contributed by atoms with Crippen LogP contribution in [0.25, 0.3) is 0 Å². The molecular weight excluding hydrogens is 220 g/mol. The van der Waals surface area contributed by atoms with Gasteiger partial charge in [-0.1, -0.05) is 6.92 Å². The lowest BCUT2D eigenvalue weighted by molar-refractivity contribution is 0.615. The average Bonchev–Trinajstić information content (AvgIpc) is 2.87. The molecule has 0 radical (unpaired) electrons. The monoisotopic (exact) mass is 236 g/mol. The first-order chi connectivity index (χ1) is 7.70. The van der Waals surface area contributed by atoms with Gasteiger partial charge < -0.3 is 10.3 Å². The summed E-state index contributed by atoms with van der Waals surface area (Å²) in [5, 5.41) is 3.17. The summed E-state index contributed by atoms with van der Waals surface area (Å²) < 4.78 is 2.07. The fourth-order valence-corrected chi connectivity index (χ4v) is 2.24. The Morgan fingerprint density at radius 3 is 3.00 bits per heavy atom. The van der Waals surface area contributed by atoms with Gasteiger partial charge in [-0.3, -0.25) is 0 Å². The number of rotatable bonds is 4. The van der Waals surface area contributed by atoms with E-state index in [4.69, 9.17) is 5.73 Å². The van der Waals surface area contributed by atoms with Gasteiger partial charge in [0.2, 0.25) is 0 Å². The van der Waals surface area contributed by atoms with Crippen LogP contribution in [0.5, 0.6) is 0 Å². The van der Waals surface area contributed by atoms with E-state index in [1.807, 2.05) is 19.4 Å². The number of aryl methyl sites for hydroxylation is 1. The summed E-state index contributed by atoms with van der Waals surface area (Å²) >= 11 is 1.67. The Morgan fingerprint density at radius 2 is 2.38 bits per heavy atom. The fourth-order valence-electron chi connectivity index (χ4n) is 1.64.